The Hall–Kier alpha value is -3.96. The van der Waals surface area contributed by atoms with Crippen LogP contribution >= 0.6 is 0 Å². The van der Waals surface area contributed by atoms with Crippen molar-refractivity contribution in [1.29, 1.82) is 0 Å². The predicted molar refractivity (Wildman–Crippen MR) is 137 cm³/mol. The van der Waals surface area contributed by atoms with Crippen LogP contribution in [0.1, 0.15) is 46.1 Å². The third kappa shape index (κ3) is 12.3. The number of carbonyl (C=O) groups excluding carboxylic acids is 6. The quantitative estimate of drug-likeness (QED) is 0.231. The summed E-state index contributed by atoms with van der Waals surface area (Å²) in [7, 11) is 1.19. The molecule has 38 heavy (non-hydrogen) atoms. The first-order valence-corrected chi connectivity index (χ1v) is 12.3. The summed E-state index contributed by atoms with van der Waals surface area (Å²) in [6.45, 7) is 6.28. The number of nitrogens with one attached hydrogen (secondary N) is 4. The fourth-order valence-corrected chi connectivity index (χ4v) is 3.19. The van der Waals surface area contributed by atoms with Crippen molar-refractivity contribution in [2.75, 3.05) is 20.2 Å². The summed E-state index contributed by atoms with van der Waals surface area (Å²) in [6, 6.07) is 7.24. The molecule has 0 saturated carbocycles. The van der Waals surface area contributed by atoms with Crippen molar-refractivity contribution in [2.24, 2.45) is 11.8 Å². The Balaban J connectivity index is 2.50. The Bertz CT molecular complexity index is 965. The minimum Gasteiger partial charge on any atom is -0.468 e. The van der Waals surface area contributed by atoms with Gasteiger partial charge in [0.05, 0.1) is 7.11 Å². The average Bonchev–Trinajstić information content (AvgIpc) is 2.89. The van der Waals surface area contributed by atoms with E-state index in [1.165, 1.54) is 7.11 Å². The fraction of sp³-hybridized carbons (Fsp3) is 0.538. The van der Waals surface area contributed by atoms with Crippen LogP contribution in [0.5, 0.6) is 0 Å². The van der Waals surface area contributed by atoms with Crippen LogP contribution in [-0.2, 0) is 44.8 Å². The summed E-state index contributed by atoms with van der Waals surface area (Å²) in [5, 5.41) is 9.98. The fourth-order valence-electron chi connectivity index (χ4n) is 3.19. The van der Waals surface area contributed by atoms with Gasteiger partial charge in [-0.3, -0.25) is 28.8 Å². The van der Waals surface area contributed by atoms with Crippen LogP contribution in [0.25, 0.3) is 0 Å². The van der Waals surface area contributed by atoms with Crippen molar-refractivity contribution in [3.8, 4) is 0 Å². The molecule has 1 aromatic carbocycles. The molecule has 0 unspecified atom stereocenters. The summed E-state index contributed by atoms with van der Waals surface area (Å²) >= 11 is 0. The smallest absolute Gasteiger partial charge is 0.325 e. The van der Waals surface area contributed by atoms with E-state index in [4.69, 9.17) is 4.74 Å². The third-order valence-corrected chi connectivity index (χ3v) is 5.39. The van der Waals surface area contributed by atoms with Gasteiger partial charge in [-0.15, -0.1) is 0 Å². The van der Waals surface area contributed by atoms with E-state index in [-0.39, 0.29) is 44.4 Å². The molecule has 0 heterocycles. The number of benzene rings is 1. The molecule has 0 aromatic heterocycles. The van der Waals surface area contributed by atoms with Gasteiger partial charge in [0.25, 0.3) is 0 Å². The summed E-state index contributed by atoms with van der Waals surface area (Å²) in [5.74, 6) is -4.02. The van der Waals surface area contributed by atoms with Crippen molar-refractivity contribution in [3.05, 3.63) is 35.9 Å². The molecule has 1 aromatic rings. The predicted octanol–water partition coefficient (Wildman–Crippen LogP) is 0.197. The van der Waals surface area contributed by atoms with Crippen LogP contribution in [0.3, 0.4) is 0 Å². The summed E-state index contributed by atoms with van der Waals surface area (Å²) in [5.41, 5.74) is 0.810. The van der Waals surface area contributed by atoms with Crippen LogP contribution in [-0.4, -0.2) is 67.9 Å². The maximum atomic E-state index is 12.6. The Morgan fingerprint density at radius 1 is 0.711 bits per heavy atom. The average molecular weight is 535 g/mol. The van der Waals surface area contributed by atoms with E-state index in [9.17, 15) is 28.8 Å². The molecule has 0 saturated heterocycles. The zero-order valence-corrected chi connectivity index (χ0v) is 22.5. The molecule has 210 valence electrons. The van der Waals surface area contributed by atoms with E-state index in [0.29, 0.717) is 0 Å². The molecular weight excluding hydrogens is 496 g/mol. The van der Waals surface area contributed by atoms with E-state index >= 15 is 0 Å². The molecule has 0 aliphatic heterocycles. The summed E-state index contributed by atoms with van der Waals surface area (Å²) in [4.78, 5) is 72.9. The molecule has 4 amide bonds. The van der Waals surface area contributed by atoms with E-state index in [2.05, 4.69) is 26.0 Å². The Kier molecular flexibility index (Phi) is 14.1. The second-order valence-corrected chi connectivity index (χ2v) is 9.24. The lowest BCUT2D eigenvalue weighted by Gasteiger charge is -2.22. The number of ether oxygens (including phenoxy) is 2. The Morgan fingerprint density at radius 3 is 1.58 bits per heavy atom. The van der Waals surface area contributed by atoms with Gasteiger partial charge in [0.15, 0.2) is 0 Å². The van der Waals surface area contributed by atoms with Gasteiger partial charge in [0.2, 0.25) is 23.6 Å². The third-order valence-electron chi connectivity index (χ3n) is 5.39. The molecular formula is C26H38N4O8. The summed E-state index contributed by atoms with van der Waals surface area (Å²) in [6.07, 6.45) is -0.451. The number of hydrogen-bond acceptors (Lipinski definition) is 8. The van der Waals surface area contributed by atoms with Gasteiger partial charge in [-0.2, -0.15) is 0 Å². The van der Waals surface area contributed by atoms with Gasteiger partial charge in [-0.05, 0) is 17.4 Å². The van der Waals surface area contributed by atoms with Crippen molar-refractivity contribution in [2.45, 2.75) is 59.2 Å². The topological polar surface area (TPSA) is 169 Å². The van der Waals surface area contributed by atoms with Gasteiger partial charge in [-0.25, -0.2) is 0 Å². The van der Waals surface area contributed by atoms with E-state index < -0.39 is 47.7 Å². The van der Waals surface area contributed by atoms with Crippen molar-refractivity contribution < 1.29 is 38.2 Å². The first kappa shape index (κ1) is 32.1. The van der Waals surface area contributed by atoms with Gasteiger partial charge in [-0.1, -0.05) is 58.0 Å². The highest BCUT2D eigenvalue weighted by molar-refractivity contribution is 5.92. The SMILES string of the molecule is COC(=O)CNC(=O)[C@@H](NC(=O)CCC(=O)N[C@H](C(=O)NCC(=O)OCc1ccccc1)C(C)C)C(C)C. The molecule has 12 heteroatoms. The number of esters is 2. The molecule has 0 bridgehead atoms. The first-order chi connectivity index (χ1) is 17.9. The molecule has 0 fully saturated rings. The molecule has 0 aliphatic rings. The highest BCUT2D eigenvalue weighted by Crippen LogP contribution is 2.06. The van der Waals surface area contributed by atoms with Gasteiger partial charge >= 0.3 is 11.9 Å². The van der Waals surface area contributed by atoms with E-state index in [0.717, 1.165) is 5.56 Å². The molecule has 0 aliphatic carbocycles. The van der Waals surface area contributed by atoms with Crippen LogP contribution in [0, 0.1) is 11.8 Å². The van der Waals surface area contributed by atoms with Crippen LogP contribution in [0.2, 0.25) is 0 Å². The second kappa shape index (κ2) is 16.7. The molecule has 4 N–H and O–H groups in total. The van der Waals surface area contributed by atoms with E-state index in [1.807, 2.05) is 18.2 Å². The second-order valence-electron chi connectivity index (χ2n) is 9.24. The highest BCUT2D eigenvalue weighted by Gasteiger charge is 2.27. The van der Waals surface area contributed by atoms with E-state index in [1.54, 1.807) is 39.8 Å². The van der Waals surface area contributed by atoms with Gasteiger partial charge in [0, 0.05) is 12.8 Å². The van der Waals surface area contributed by atoms with Crippen molar-refractivity contribution >= 4 is 35.6 Å². The minimum absolute atomic E-state index is 0.0760. The largest absolute Gasteiger partial charge is 0.468 e. The van der Waals surface area contributed by atoms with Crippen LogP contribution in [0.15, 0.2) is 30.3 Å². The van der Waals surface area contributed by atoms with Gasteiger partial charge in [0.1, 0.15) is 31.8 Å². The standard InChI is InChI=1S/C26H38N4O8/c1-16(2)23(25(35)27-13-21(33)37-5)29-19(31)11-12-20(32)30-24(17(3)4)26(36)28-14-22(34)38-15-18-9-7-6-8-10-18/h6-10,16-17,23-24H,11-15H2,1-5H3,(H,27,35)(H,28,36)(H,29,31)(H,30,32)/t23-,24-/m0/s1. The highest BCUT2D eigenvalue weighted by atomic mass is 16.5. The number of carbonyl (C=O) groups is 6. The molecule has 1 rings (SSSR count). The lowest BCUT2D eigenvalue weighted by atomic mass is 10.0. The molecule has 0 radical (unpaired) electrons. The maximum absolute atomic E-state index is 12.6. The van der Waals surface area contributed by atoms with Crippen LogP contribution in [0.4, 0.5) is 0 Å². The maximum Gasteiger partial charge on any atom is 0.325 e. The molecule has 0 spiro atoms. The normalized spacial score (nSPS) is 12.2. The zero-order valence-electron chi connectivity index (χ0n) is 22.5. The molecule has 12 nitrogen and oxygen atoms in total. The zero-order chi connectivity index (χ0) is 28.7. The number of amides is 4. The Labute approximate surface area is 222 Å². The number of methoxy groups -OCH3 is 1. The lowest BCUT2D eigenvalue weighted by molar-refractivity contribution is -0.145. The minimum atomic E-state index is -0.931. The lowest BCUT2D eigenvalue weighted by Crippen LogP contribution is -2.51. The number of rotatable bonds is 15. The van der Waals surface area contributed by atoms with Crippen molar-refractivity contribution in [3.63, 3.8) is 0 Å². The Morgan fingerprint density at radius 2 is 1.16 bits per heavy atom. The van der Waals surface area contributed by atoms with Crippen molar-refractivity contribution in [1.82, 2.24) is 21.3 Å². The van der Waals surface area contributed by atoms with Crippen LogP contribution < -0.4 is 21.3 Å². The first-order valence-electron chi connectivity index (χ1n) is 12.3. The molecule has 2 atom stereocenters. The monoisotopic (exact) mass is 534 g/mol. The van der Waals surface area contributed by atoms with Gasteiger partial charge < -0.3 is 30.7 Å². The summed E-state index contributed by atoms with van der Waals surface area (Å²) < 4.78 is 9.60. The number of hydrogen-bond donors (Lipinski definition) is 4.